The summed E-state index contributed by atoms with van der Waals surface area (Å²) in [5, 5.41) is 5.23. The van der Waals surface area contributed by atoms with Crippen LogP contribution < -0.4 is 14.9 Å². The van der Waals surface area contributed by atoms with E-state index >= 15 is 0 Å². The molecule has 0 fully saturated rings. The Morgan fingerprint density at radius 1 is 1.11 bits per heavy atom. The summed E-state index contributed by atoms with van der Waals surface area (Å²) in [5.74, 6) is 1.08. The SMILES string of the molecule is COc1ccc(/C=N\NC(=O)c2ccc3[nH]c4c(c3c2)CCCC4)c(OC)c1. The molecule has 1 heterocycles. The normalized spacial score (nSPS) is 13.5. The molecule has 0 saturated carbocycles. The predicted molar refractivity (Wildman–Crippen MR) is 110 cm³/mol. The van der Waals surface area contributed by atoms with Crippen LogP contribution >= 0.6 is 0 Å². The number of aryl methyl sites for hydroxylation is 2. The first-order valence-corrected chi connectivity index (χ1v) is 9.38. The van der Waals surface area contributed by atoms with Gasteiger partial charge in [-0.3, -0.25) is 4.79 Å². The number of amides is 1. The minimum absolute atomic E-state index is 0.239. The number of rotatable bonds is 5. The molecule has 144 valence electrons. The lowest BCUT2D eigenvalue weighted by Crippen LogP contribution is -2.17. The van der Waals surface area contributed by atoms with Crippen LogP contribution in [0.3, 0.4) is 0 Å². The van der Waals surface area contributed by atoms with Gasteiger partial charge in [-0.15, -0.1) is 0 Å². The van der Waals surface area contributed by atoms with E-state index < -0.39 is 0 Å². The minimum Gasteiger partial charge on any atom is -0.497 e. The Morgan fingerprint density at radius 2 is 1.96 bits per heavy atom. The average Bonchev–Trinajstić information content (AvgIpc) is 3.11. The summed E-state index contributed by atoms with van der Waals surface area (Å²) in [4.78, 5) is 16.0. The maximum Gasteiger partial charge on any atom is 0.271 e. The Morgan fingerprint density at radius 3 is 2.79 bits per heavy atom. The van der Waals surface area contributed by atoms with Gasteiger partial charge in [-0.1, -0.05) is 0 Å². The van der Waals surface area contributed by atoms with Gasteiger partial charge in [0.05, 0.1) is 20.4 Å². The summed E-state index contributed by atoms with van der Waals surface area (Å²) in [5.41, 5.74) is 7.69. The fraction of sp³-hybridized carbons (Fsp3) is 0.273. The number of aromatic amines is 1. The second-order valence-electron chi connectivity index (χ2n) is 6.86. The van der Waals surface area contributed by atoms with Crippen molar-refractivity contribution in [3.05, 3.63) is 58.8 Å². The molecule has 6 heteroatoms. The van der Waals surface area contributed by atoms with E-state index in [1.807, 2.05) is 30.3 Å². The first-order valence-electron chi connectivity index (χ1n) is 9.38. The van der Waals surface area contributed by atoms with E-state index in [9.17, 15) is 4.79 Å². The second kappa shape index (κ2) is 7.76. The van der Waals surface area contributed by atoms with Gasteiger partial charge in [-0.05, 0) is 61.6 Å². The third-order valence-electron chi connectivity index (χ3n) is 5.17. The van der Waals surface area contributed by atoms with Crippen LogP contribution in [0, 0.1) is 0 Å². The van der Waals surface area contributed by atoms with Gasteiger partial charge >= 0.3 is 0 Å². The maximum atomic E-state index is 12.5. The van der Waals surface area contributed by atoms with Crippen molar-refractivity contribution in [2.45, 2.75) is 25.7 Å². The lowest BCUT2D eigenvalue weighted by molar-refractivity contribution is 0.0955. The maximum absolute atomic E-state index is 12.5. The minimum atomic E-state index is -0.239. The van der Waals surface area contributed by atoms with Crippen molar-refractivity contribution in [3.8, 4) is 11.5 Å². The van der Waals surface area contributed by atoms with Crippen LogP contribution in [0.2, 0.25) is 0 Å². The van der Waals surface area contributed by atoms with Gasteiger partial charge in [0, 0.05) is 33.8 Å². The number of carbonyl (C=O) groups is 1. The van der Waals surface area contributed by atoms with Gasteiger partial charge in [0.15, 0.2) is 0 Å². The summed E-state index contributed by atoms with van der Waals surface area (Å²) >= 11 is 0. The second-order valence-corrected chi connectivity index (χ2v) is 6.86. The fourth-order valence-electron chi connectivity index (χ4n) is 3.70. The molecule has 2 aromatic carbocycles. The highest BCUT2D eigenvalue weighted by atomic mass is 16.5. The van der Waals surface area contributed by atoms with Crippen LogP contribution in [-0.4, -0.2) is 31.3 Å². The van der Waals surface area contributed by atoms with E-state index in [1.165, 1.54) is 24.1 Å². The molecular weight excluding hydrogens is 354 g/mol. The Labute approximate surface area is 163 Å². The molecule has 4 rings (SSSR count). The van der Waals surface area contributed by atoms with Gasteiger partial charge in [-0.2, -0.15) is 5.10 Å². The summed E-state index contributed by atoms with van der Waals surface area (Å²) in [7, 11) is 3.18. The van der Waals surface area contributed by atoms with Crippen molar-refractivity contribution in [1.82, 2.24) is 10.4 Å². The van der Waals surface area contributed by atoms with Crippen molar-refractivity contribution in [3.63, 3.8) is 0 Å². The van der Waals surface area contributed by atoms with Crippen molar-refractivity contribution in [1.29, 1.82) is 0 Å². The Kier molecular flexibility index (Phi) is 5.02. The highest BCUT2D eigenvalue weighted by molar-refractivity contribution is 5.99. The van der Waals surface area contributed by atoms with Crippen molar-refractivity contribution < 1.29 is 14.3 Å². The number of hydrogen-bond acceptors (Lipinski definition) is 4. The topological polar surface area (TPSA) is 75.7 Å². The van der Waals surface area contributed by atoms with Crippen LogP contribution in [0.4, 0.5) is 0 Å². The Hall–Kier alpha value is -3.28. The smallest absolute Gasteiger partial charge is 0.271 e. The van der Waals surface area contributed by atoms with E-state index in [-0.39, 0.29) is 5.91 Å². The molecule has 0 bridgehead atoms. The number of aromatic nitrogens is 1. The fourth-order valence-corrected chi connectivity index (χ4v) is 3.70. The number of fused-ring (bicyclic) bond motifs is 3. The number of hydrogen-bond donors (Lipinski definition) is 2. The first-order chi connectivity index (χ1) is 13.7. The van der Waals surface area contributed by atoms with Gasteiger partial charge < -0.3 is 14.5 Å². The van der Waals surface area contributed by atoms with E-state index in [0.29, 0.717) is 17.1 Å². The standard InChI is InChI=1S/C22H23N3O3/c1-27-16-9-7-15(21(12-16)28-2)13-23-25-22(26)14-8-10-20-18(11-14)17-5-3-4-6-19(17)24-20/h7-13,24H,3-6H2,1-2H3,(H,25,26)/b23-13-. The van der Waals surface area contributed by atoms with Crippen LogP contribution in [0.5, 0.6) is 11.5 Å². The third-order valence-corrected chi connectivity index (χ3v) is 5.17. The summed E-state index contributed by atoms with van der Waals surface area (Å²) < 4.78 is 10.5. The van der Waals surface area contributed by atoms with E-state index in [4.69, 9.17) is 9.47 Å². The molecule has 6 nitrogen and oxygen atoms in total. The molecule has 0 spiro atoms. The summed E-state index contributed by atoms with van der Waals surface area (Å²) in [6, 6.07) is 11.2. The lowest BCUT2D eigenvalue weighted by Gasteiger charge is -2.10. The van der Waals surface area contributed by atoms with Crippen LogP contribution in [0.1, 0.15) is 40.0 Å². The highest BCUT2D eigenvalue weighted by Gasteiger charge is 2.16. The molecule has 1 aliphatic carbocycles. The number of carbonyl (C=O) groups excluding carboxylic acids is 1. The van der Waals surface area contributed by atoms with Crippen LogP contribution in [0.15, 0.2) is 41.5 Å². The predicted octanol–water partition coefficient (Wildman–Crippen LogP) is 3.83. The Balaban J connectivity index is 1.52. The third kappa shape index (κ3) is 3.45. The zero-order chi connectivity index (χ0) is 19.5. The molecule has 0 aliphatic heterocycles. The summed E-state index contributed by atoms with van der Waals surface area (Å²) in [6.45, 7) is 0. The van der Waals surface area contributed by atoms with Crippen LogP contribution in [0.25, 0.3) is 10.9 Å². The number of nitrogens with one attached hydrogen (secondary N) is 2. The molecule has 2 N–H and O–H groups in total. The molecule has 28 heavy (non-hydrogen) atoms. The van der Waals surface area contributed by atoms with E-state index in [2.05, 4.69) is 15.5 Å². The van der Waals surface area contributed by atoms with Crippen molar-refractivity contribution in [2.24, 2.45) is 5.10 Å². The quantitative estimate of drug-likeness (QED) is 0.524. The van der Waals surface area contributed by atoms with Gasteiger partial charge in [0.25, 0.3) is 5.91 Å². The molecule has 0 saturated heterocycles. The van der Waals surface area contributed by atoms with Gasteiger partial charge in [0.1, 0.15) is 11.5 Å². The zero-order valence-electron chi connectivity index (χ0n) is 16.0. The van der Waals surface area contributed by atoms with E-state index in [1.54, 1.807) is 26.5 Å². The van der Waals surface area contributed by atoms with E-state index in [0.717, 1.165) is 29.3 Å². The summed E-state index contributed by atoms with van der Waals surface area (Å²) in [6.07, 6.45) is 6.13. The molecule has 0 radical (unpaired) electrons. The molecular formula is C22H23N3O3. The first kappa shape index (κ1) is 18.1. The molecule has 3 aromatic rings. The van der Waals surface area contributed by atoms with Crippen molar-refractivity contribution >= 4 is 23.0 Å². The monoisotopic (exact) mass is 377 g/mol. The Bertz CT molecular complexity index is 1050. The van der Waals surface area contributed by atoms with Gasteiger partial charge in [-0.25, -0.2) is 5.43 Å². The van der Waals surface area contributed by atoms with Crippen LogP contribution in [-0.2, 0) is 12.8 Å². The lowest BCUT2D eigenvalue weighted by atomic mass is 9.95. The largest absolute Gasteiger partial charge is 0.497 e. The molecule has 0 atom stereocenters. The number of benzene rings is 2. The van der Waals surface area contributed by atoms with Crippen molar-refractivity contribution in [2.75, 3.05) is 14.2 Å². The highest BCUT2D eigenvalue weighted by Crippen LogP contribution is 2.29. The molecule has 1 amide bonds. The average molecular weight is 377 g/mol. The number of nitrogens with zero attached hydrogens (tertiary/aromatic N) is 1. The molecule has 0 unspecified atom stereocenters. The van der Waals surface area contributed by atoms with Gasteiger partial charge in [0.2, 0.25) is 0 Å². The number of methoxy groups -OCH3 is 2. The number of hydrazone groups is 1. The number of ether oxygens (including phenoxy) is 2. The molecule has 1 aromatic heterocycles. The zero-order valence-corrected chi connectivity index (χ0v) is 16.0. The molecule has 1 aliphatic rings. The number of H-pyrrole nitrogens is 1.